The van der Waals surface area contributed by atoms with Gasteiger partial charge in [0.05, 0.1) is 22.9 Å². The first-order valence-corrected chi connectivity index (χ1v) is 8.76. The smallest absolute Gasteiger partial charge is 0.355 e. The van der Waals surface area contributed by atoms with E-state index in [0.29, 0.717) is 22.0 Å². The lowest BCUT2D eigenvalue weighted by Crippen LogP contribution is -2.30. The number of para-hydroxylation sites is 1. The Kier molecular flexibility index (Phi) is 6.63. The Morgan fingerprint density at radius 2 is 1.85 bits per heavy atom. The summed E-state index contributed by atoms with van der Waals surface area (Å²) < 4.78 is 10.2. The number of aromatic amines is 1. The van der Waals surface area contributed by atoms with Crippen LogP contribution in [-0.2, 0) is 14.3 Å². The van der Waals surface area contributed by atoms with Crippen molar-refractivity contribution in [3.63, 3.8) is 0 Å². The standard InChI is InChI=1S/C19H21ClN2O5/c1-5-26-19(25)16-10(2)15(11(3)21-16)18(24)27-12(4)17(23)22-14-9-7-6-8-13(14)20/h6-9,12,21H,5H2,1-4H3,(H,22,23)/t12-/m1/s1. The maximum atomic E-state index is 12.5. The molecule has 1 aromatic heterocycles. The molecule has 2 N–H and O–H groups in total. The quantitative estimate of drug-likeness (QED) is 0.731. The molecule has 27 heavy (non-hydrogen) atoms. The molecule has 0 aliphatic carbocycles. The first-order valence-electron chi connectivity index (χ1n) is 8.38. The van der Waals surface area contributed by atoms with Gasteiger partial charge in [-0.1, -0.05) is 23.7 Å². The van der Waals surface area contributed by atoms with Gasteiger partial charge >= 0.3 is 11.9 Å². The van der Waals surface area contributed by atoms with Crippen molar-refractivity contribution in [3.8, 4) is 0 Å². The normalized spacial score (nSPS) is 11.6. The van der Waals surface area contributed by atoms with E-state index in [1.165, 1.54) is 6.92 Å². The molecule has 144 valence electrons. The van der Waals surface area contributed by atoms with E-state index in [9.17, 15) is 14.4 Å². The summed E-state index contributed by atoms with van der Waals surface area (Å²) >= 11 is 6.00. The Labute approximate surface area is 162 Å². The highest BCUT2D eigenvalue weighted by atomic mass is 35.5. The van der Waals surface area contributed by atoms with E-state index in [2.05, 4.69) is 10.3 Å². The molecule has 0 saturated carbocycles. The second kappa shape index (κ2) is 8.73. The van der Waals surface area contributed by atoms with Gasteiger partial charge in [-0.25, -0.2) is 9.59 Å². The number of rotatable bonds is 6. The van der Waals surface area contributed by atoms with Crippen LogP contribution in [-0.4, -0.2) is 35.5 Å². The Morgan fingerprint density at radius 3 is 2.48 bits per heavy atom. The maximum Gasteiger partial charge on any atom is 0.355 e. The molecule has 1 heterocycles. The van der Waals surface area contributed by atoms with Gasteiger partial charge in [-0.3, -0.25) is 4.79 Å². The van der Waals surface area contributed by atoms with Crippen LogP contribution in [0.15, 0.2) is 24.3 Å². The molecule has 7 nitrogen and oxygen atoms in total. The molecule has 2 rings (SSSR count). The van der Waals surface area contributed by atoms with Crippen LogP contribution in [0.1, 0.15) is 46.0 Å². The van der Waals surface area contributed by atoms with Crippen molar-refractivity contribution < 1.29 is 23.9 Å². The average Bonchev–Trinajstić information content (AvgIpc) is 2.91. The molecule has 0 fully saturated rings. The Balaban J connectivity index is 2.11. The Bertz CT molecular complexity index is 875. The van der Waals surface area contributed by atoms with Gasteiger partial charge in [-0.2, -0.15) is 0 Å². The molecule has 0 unspecified atom stereocenters. The van der Waals surface area contributed by atoms with E-state index in [-0.39, 0.29) is 17.9 Å². The summed E-state index contributed by atoms with van der Waals surface area (Å²) in [5, 5.41) is 2.98. The van der Waals surface area contributed by atoms with Gasteiger partial charge in [0.1, 0.15) is 5.69 Å². The SMILES string of the molecule is CCOC(=O)c1[nH]c(C)c(C(=O)O[C@H](C)C(=O)Nc2ccccc2Cl)c1C. The number of anilines is 1. The summed E-state index contributed by atoms with van der Waals surface area (Å²) in [6.07, 6.45) is -1.06. The fraction of sp³-hybridized carbons (Fsp3) is 0.316. The Morgan fingerprint density at radius 1 is 1.19 bits per heavy atom. The van der Waals surface area contributed by atoms with Crippen LogP contribution in [0.2, 0.25) is 5.02 Å². The molecular formula is C19H21ClN2O5. The fourth-order valence-electron chi connectivity index (χ4n) is 2.53. The average molecular weight is 393 g/mol. The first-order chi connectivity index (χ1) is 12.8. The first kappa shape index (κ1) is 20.5. The number of ether oxygens (including phenoxy) is 2. The van der Waals surface area contributed by atoms with Gasteiger partial charge in [0.25, 0.3) is 5.91 Å². The summed E-state index contributed by atoms with van der Waals surface area (Å²) in [5.74, 6) is -1.78. The lowest BCUT2D eigenvalue weighted by atomic mass is 10.1. The number of carbonyl (C=O) groups is 3. The lowest BCUT2D eigenvalue weighted by Gasteiger charge is -2.14. The fourth-order valence-corrected chi connectivity index (χ4v) is 2.72. The lowest BCUT2D eigenvalue weighted by molar-refractivity contribution is -0.123. The van der Waals surface area contributed by atoms with Crippen molar-refractivity contribution in [1.82, 2.24) is 4.98 Å². The minimum atomic E-state index is -1.06. The van der Waals surface area contributed by atoms with Crippen molar-refractivity contribution in [2.45, 2.75) is 33.8 Å². The number of carbonyl (C=O) groups excluding carboxylic acids is 3. The highest BCUT2D eigenvalue weighted by Crippen LogP contribution is 2.22. The largest absolute Gasteiger partial charge is 0.461 e. The number of aromatic nitrogens is 1. The second-order valence-corrected chi connectivity index (χ2v) is 6.27. The van der Waals surface area contributed by atoms with E-state index < -0.39 is 23.9 Å². The number of nitrogens with one attached hydrogen (secondary N) is 2. The number of aryl methyl sites for hydroxylation is 1. The van der Waals surface area contributed by atoms with E-state index in [1.54, 1.807) is 45.0 Å². The third-order valence-electron chi connectivity index (χ3n) is 3.91. The summed E-state index contributed by atoms with van der Waals surface area (Å²) in [7, 11) is 0. The van der Waals surface area contributed by atoms with Crippen molar-refractivity contribution in [1.29, 1.82) is 0 Å². The number of hydrogen-bond acceptors (Lipinski definition) is 5. The molecule has 1 aromatic carbocycles. The molecule has 0 radical (unpaired) electrons. The third kappa shape index (κ3) is 4.68. The van der Waals surface area contributed by atoms with Crippen LogP contribution in [0.4, 0.5) is 5.69 Å². The molecule has 0 aliphatic rings. The molecule has 0 spiro atoms. The number of H-pyrrole nitrogens is 1. The van der Waals surface area contributed by atoms with Crippen LogP contribution >= 0.6 is 11.6 Å². The molecule has 2 aromatic rings. The zero-order chi connectivity index (χ0) is 20.1. The van der Waals surface area contributed by atoms with Gasteiger partial charge in [-0.05, 0) is 45.4 Å². The molecule has 0 aliphatic heterocycles. The monoisotopic (exact) mass is 392 g/mol. The van der Waals surface area contributed by atoms with Crippen LogP contribution in [0.3, 0.4) is 0 Å². The molecule has 8 heteroatoms. The maximum absolute atomic E-state index is 12.5. The van der Waals surface area contributed by atoms with Crippen molar-refractivity contribution >= 4 is 35.1 Å². The van der Waals surface area contributed by atoms with Crippen molar-refractivity contribution in [2.75, 3.05) is 11.9 Å². The van der Waals surface area contributed by atoms with Crippen LogP contribution in [0, 0.1) is 13.8 Å². The predicted molar refractivity (Wildman–Crippen MR) is 101 cm³/mol. The number of esters is 2. The van der Waals surface area contributed by atoms with E-state index in [4.69, 9.17) is 21.1 Å². The molecule has 0 bridgehead atoms. The highest BCUT2D eigenvalue weighted by Gasteiger charge is 2.26. The zero-order valence-corrected chi connectivity index (χ0v) is 16.3. The van der Waals surface area contributed by atoms with Crippen LogP contribution in [0.25, 0.3) is 0 Å². The molecule has 1 atom stereocenters. The number of hydrogen-bond donors (Lipinski definition) is 2. The number of halogens is 1. The molecule has 1 amide bonds. The number of amides is 1. The van der Waals surface area contributed by atoms with Crippen LogP contribution < -0.4 is 5.32 Å². The summed E-state index contributed by atoms with van der Waals surface area (Å²) in [6.45, 7) is 6.61. The Hall–Kier alpha value is -2.80. The summed E-state index contributed by atoms with van der Waals surface area (Å²) in [5.41, 5.74) is 1.68. The predicted octanol–water partition coefficient (Wildman–Crippen LogP) is 3.65. The van der Waals surface area contributed by atoms with E-state index in [0.717, 1.165) is 0 Å². The summed E-state index contributed by atoms with van der Waals surface area (Å²) in [4.78, 5) is 39.6. The van der Waals surface area contributed by atoms with E-state index >= 15 is 0 Å². The van der Waals surface area contributed by atoms with Crippen molar-refractivity contribution in [2.24, 2.45) is 0 Å². The van der Waals surface area contributed by atoms with Gasteiger partial charge in [0, 0.05) is 5.69 Å². The van der Waals surface area contributed by atoms with Gasteiger partial charge < -0.3 is 19.8 Å². The third-order valence-corrected chi connectivity index (χ3v) is 4.24. The minimum Gasteiger partial charge on any atom is -0.461 e. The summed E-state index contributed by atoms with van der Waals surface area (Å²) in [6, 6.07) is 6.74. The van der Waals surface area contributed by atoms with Gasteiger partial charge in [-0.15, -0.1) is 0 Å². The zero-order valence-electron chi connectivity index (χ0n) is 15.5. The van der Waals surface area contributed by atoms with Gasteiger partial charge in [0.15, 0.2) is 6.10 Å². The second-order valence-electron chi connectivity index (χ2n) is 5.86. The van der Waals surface area contributed by atoms with Gasteiger partial charge in [0.2, 0.25) is 0 Å². The molecule has 0 saturated heterocycles. The topological polar surface area (TPSA) is 97.5 Å². The minimum absolute atomic E-state index is 0.189. The van der Waals surface area contributed by atoms with E-state index in [1.807, 2.05) is 0 Å². The number of benzene rings is 1. The van der Waals surface area contributed by atoms with Crippen LogP contribution in [0.5, 0.6) is 0 Å². The molecular weight excluding hydrogens is 372 g/mol. The highest BCUT2D eigenvalue weighted by molar-refractivity contribution is 6.33. The van der Waals surface area contributed by atoms with Crippen molar-refractivity contribution in [3.05, 3.63) is 51.8 Å².